The largest absolute Gasteiger partial charge is 0.448 e. The normalized spacial score (nSPS) is 14.0. The molecule has 0 spiro atoms. The molecule has 0 saturated heterocycles. The maximum Gasteiger partial charge on any atom is 0.430 e. The molecule has 2 N–H and O–H groups in total. The first-order valence-electron chi connectivity index (χ1n) is 18.0. The quantitative estimate of drug-likeness (QED) is 0.106. The second-order valence-electron chi connectivity index (χ2n) is 15.6. The lowest BCUT2D eigenvalue weighted by Crippen LogP contribution is -2.53. The van der Waals surface area contributed by atoms with Crippen molar-refractivity contribution in [2.45, 2.75) is 67.7 Å². The summed E-state index contributed by atoms with van der Waals surface area (Å²) in [4.78, 5) is 27.7. The number of hydrogen-bond acceptors (Lipinski definition) is 7. The first kappa shape index (κ1) is 42.6. The molecule has 0 aliphatic heterocycles. The number of rotatable bonds is 10. The van der Waals surface area contributed by atoms with Crippen molar-refractivity contribution < 1.29 is 58.6 Å². The third kappa shape index (κ3) is 7.79. The van der Waals surface area contributed by atoms with E-state index in [4.69, 9.17) is 9.16 Å². The monoisotopic (exact) mass is 846 g/mol. The van der Waals surface area contributed by atoms with E-state index >= 15 is 0 Å². The summed E-state index contributed by atoms with van der Waals surface area (Å²) in [5.41, 5.74) is -3.63. The van der Waals surface area contributed by atoms with Crippen LogP contribution >= 0.6 is 0 Å². The Morgan fingerprint density at radius 2 is 1.38 bits per heavy atom. The van der Waals surface area contributed by atoms with E-state index in [0.29, 0.717) is 12.1 Å². The third-order valence-electron chi connectivity index (χ3n) is 10.9. The number of nitrogens with zero attached hydrogens (tertiary/aromatic N) is 1. The Labute approximate surface area is 331 Å². The molecular weight excluding hydrogens is 807 g/mol. The number of ether oxygens (including phenoxy) is 1. The van der Waals surface area contributed by atoms with Gasteiger partial charge in [-0.2, -0.15) is 26.3 Å². The van der Waals surface area contributed by atoms with Gasteiger partial charge < -0.3 is 19.6 Å². The number of hydrogen-bond donors (Lipinski definition) is 2. The minimum atomic E-state index is -6.12. The fraction of sp³-hybridized carbons (Fsp3) is 0.317. The number of halogens is 6. The molecule has 58 heavy (non-hydrogen) atoms. The number of aliphatic hydroxyl groups is 1. The van der Waals surface area contributed by atoms with Crippen LogP contribution < -0.4 is 5.32 Å². The molecule has 1 aromatic heterocycles. The Hall–Kier alpha value is -4.97. The zero-order valence-electron chi connectivity index (χ0n) is 32.0. The summed E-state index contributed by atoms with van der Waals surface area (Å²) in [6.45, 7) is 9.83. The van der Waals surface area contributed by atoms with E-state index in [1.54, 1.807) is 0 Å². The molecule has 1 heterocycles. The molecular formula is C41H40F6N2O7SSi. The summed E-state index contributed by atoms with van der Waals surface area (Å²) in [6, 6.07) is 21.2. The number of carbonyl (C=O) groups excluding carboxylic acids is 2. The number of fused-ring (bicyclic) bond motifs is 4. The zero-order chi connectivity index (χ0) is 42.6. The van der Waals surface area contributed by atoms with Crippen molar-refractivity contribution in [1.82, 2.24) is 4.57 Å². The Morgan fingerprint density at radius 3 is 1.91 bits per heavy atom. The van der Waals surface area contributed by atoms with Crippen LogP contribution in [0.25, 0.3) is 21.9 Å². The van der Waals surface area contributed by atoms with Gasteiger partial charge in [0.15, 0.2) is 18.2 Å². The van der Waals surface area contributed by atoms with Crippen molar-refractivity contribution in [3.05, 3.63) is 120 Å². The maximum absolute atomic E-state index is 13.9. The number of amides is 1. The SMILES string of the molecule is CC(C)(C)[Si](C)(C)OCCS(=O)(=O)c1ccc2c(C(=O)Nc3ccc(C(O)(C(F)(F)F)C(F)(F)F)cc3)n(C(=O)OCC3c4ccccc4-c4ccccc43)cc2c1. The van der Waals surface area contributed by atoms with Crippen LogP contribution in [0.4, 0.5) is 36.8 Å². The average molecular weight is 847 g/mol. The smallest absolute Gasteiger partial charge is 0.430 e. The summed E-state index contributed by atoms with van der Waals surface area (Å²) in [6.07, 6.45) is -12.1. The number of sulfone groups is 1. The molecule has 0 saturated carbocycles. The molecule has 0 unspecified atom stereocenters. The molecule has 0 bridgehead atoms. The first-order chi connectivity index (χ1) is 26.9. The molecule has 0 fully saturated rings. The molecule has 17 heteroatoms. The van der Waals surface area contributed by atoms with Gasteiger partial charge in [0.25, 0.3) is 11.5 Å². The van der Waals surface area contributed by atoms with E-state index < -0.39 is 53.7 Å². The minimum Gasteiger partial charge on any atom is -0.448 e. The van der Waals surface area contributed by atoms with E-state index in [1.807, 2.05) is 82.4 Å². The van der Waals surface area contributed by atoms with E-state index in [0.717, 1.165) is 39.0 Å². The predicted octanol–water partition coefficient (Wildman–Crippen LogP) is 9.80. The fourth-order valence-electron chi connectivity index (χ4n) is 6.64. The number of benzene rings is 4. The third-order valence-corrected chi connectivity index (χ3v) is 17.1. The van der Waals surface area contributed by atoms with Gasteiger partial charge in [-0.25, -0.2) is 17.8 Å². The molecule has 1 amide bonds. The minimum absolute atomic E-state index is 0.0621. The molecule has 5 aromatic rings. The molecule has 4 aromatic carbocycles. The lowest BCUT2D eigenvalue weighted by molar-refractivity contribution is -0.376. The number of nitrogens with one attached hydrogen (secondary N) is 1. The van der Waals surface area contributed by atoms with Crippen LogP contribution in [0.2, 0.25) is 18.1 Å². The van der Waals surface area contributed by atoms with Crippen LogP contribution in [0.15, 0.2) is 102 Å². The topological polar surface area (TPSA) is 124 Å². The van der Waals surface area contributed by atoms with E-state index in [1.165, 1.54) is 24.4 Å². The highest BCUT2D eigenvalue weighted by atomic mass is 32.2. The highest BCUT2D eigenvalue weighted by Crippen LogP contribution is 2.50. The fourth-order valence-corrected chi connectivity index (χ4v) is 8.96. The van der Waals surface area contributed by atoms with E-state index in [9.17, 15) is 49.5 Å². The number of carbonyl (C=O) groups is 2. The number of aromatic nitrogens is 1. The Bertz CT molecular complexity index is 2430. The summed E-state index contributed by atoms with van der Waals surface area (Å²) in [7, 11) is -6.21. The van der Waals surface area contributed by atoms with Crippen LogP contribution in [-0.4, -0.2) is 69.7 Å². The van der Waals surface area contributed by atoms with Crippen molar-refractivity contribution in [1.29, 1.82) is 0 Å². The van der Waals surface area contributed by atoms with Gasteiger partial charge in [-0.3, -0.25) is 4.79 Å². The Kier molecular flexibility index (Phi) is 11.0. The van der Waals surface area contributed by atoms with Crippen LogP contribution in [-0.2, 0) is 24.6 Å². The van der Waals surface area contributed by atoms with Crippen molar-refractivity contribution in [2.75, 3.05) is 24.3 Å². The lowest BCUT2D eigenvalue weighted by Gasteiger charge is -2.36. The van der Waals surface area contributed by atoms with Gasteiger partial charge in [0.05, 0.1) is 10.6 Å². The van der Waals surface area contributed by atoms with E-state index in [2.05, 4.69) is 5.32 Å². The summed E-state index contributed by atoms with van der Waals surface area (Å²) in [5, 5.41) is 12.2. The summed E-state index contributed by atoms with van der Waals surface area (Å²) < 4.78 is 121. The molecule has 6 rings (SSSR count). The summed E-state index contributed by atoms with van der Waals surface area (Å²) >= 11 is 0. The van der Waals surface area contributed by atoms with Crippen LogP contribution in [0.1, 0.15) is 53.9 Å². The van der Waals surface area contributed by atoms with Gasteiger partial charge in [0.2, 0.25) is 0 Å². The Balaban J connectivity index is 1.33. The van der Waals surface area contributed by atoms with E-state index in [-0.39, 0.29) is 57.0 Å². The second-order valence-corrected chi connectivity index (χ2v) is 22.5. The Morgan fingerprint density at radius 1 is 0.828 bits per heavy atom. The van der Waals surface area contributed by atoms with Gasteiger partial charge >= 0.3 is 18.4 Å². The van der Waals surface area contributed by atoms with Gasteiger partial charge in [0, 0.05) is 40.7 Å². The highest BCUT2D eigenvalue weighted by Gasteiger charge is 2.71. The summed E-state index contributed by atoms with van der Waals surface area (Å²) in [5.74, 6) is -1.75. The molecule has 0 radical (unpaired) electrons. The van der Waals surface area contributed by atoms with Gasteiger partial charge in [-0.1, -0.05) is 87.5 Å². The standard InChI is InChI=1S/C41H40F6N2O7SSi/c1-38(2,3)58(4,5)56-20-21-57(53,54)28-18-19-29-25(22-28)23-49(37(51)55-24-34-32-12-8-6-10-30(32)31-11-7-9-13-33(31)34)35(29)36(50)48-27-16-14-26(15-17-27)39(52,40(42,43)44)41(45,46)47/h6-19,22-23,34,52H,20-21,24H2,1-5H3,(H,48,50). The number of anilines is 1. The second kappa shape index (κ2) is 15.0. The van der Waals surface area contributed by atoms with Crippen molar-refractivity contribution in [2.24, 2.45) is 0 Å². The van der Waals surface area contributed by atoms with Crippen molar-refractivity contribution >= 4 is 46.6 Å². The molecule has 0 atom stereocenters. The zero-order valence-corrected chi connectivity index (χ0v) is 33.8. The van der Waals surface area contributed by atoms with Gasteiger partial charge in [0.1, 0.15) is 12.3 Å². The molecule has 9 nitrogen and oxygen atoms in total. The molecule has 1 aliphatic carbocycles. The predicted molar refractivity (Wildman–Crippen MR) is 208 cm³/mol. The van der Waals surface area contributed by atoms with Crippen LogP contribution in [0.3, 0.4) is 0 Å². The molecule has 308 valence electrons. The van der Waals surface area contributed by atoms with Gasteiger partial charge in [-0.15, -0.1) is 0 Å². The van der Waals surface area contributed by atoms with Crippen LogP contribution in [0, 0.1) is 0 Å². The number of alkyl halides is 6. The highest BCUT2D eigenvalue weighted by molar-refractivity contribution is 7.91. The van der Waals surface area contributed by atoms with Crippen molar-refractivity contribution in [3.63, 3.8) is 0 Å². The maximum atomic E-state index is 13.9. The van der Waals surface area contributed by atoms with Gasteiger partial charge in [-0.05, 0) is 64.7 Å². The first-order valence-corrected chi connectivity index (χ1v) is 22.6. The van der Waals surface area contributed by atoms with Crippen LogP contribution in [0.5, 0.6) is 0 Å². The lowest BCUT2D eigenvalue weighted by atomic mass is 9.92. The van der Waals surface area contributed by atoms with Crippen molar-refractivity contribution in [3.8, 4) is 11.1 Å². The molecule has 1 aliphatic rings. The average Bonchev–Trinajstić information content (AvgIpc) is 3.68.